The van der Waals surface area contributed by atoms with Gasteiger partial charge in [-0.1, -0.05) is 0 Å². The largest absolute Gasteiger partial charge is 0.362 e. The number of hydrogen-bond acceptors (Lipinski definition) is 6. The molecule has 0 aliphatic rings. The predicted molar refractivity (Wildman–Crippen MR) is 66.1 cm³/mol. The van der Waals surface area contributed by atoms with Crippen molar-refractivity contribution in [3.8, 4) is 0 Å². The quantitative estimate of drug-likeness (QED) is 0.693. The van der Waals surface area contributed by atoms with E-state index in [9.17, 15) is 0 Å². The molecule has 3 heterocycles. The molecule has 0 saturated carbocycles. The molecular formula is C10H8ClN7. The van der Waals surface area contributed by atoms with E-state index in [-0.39, 0.29) is 5.28 Å². The van der Waals surface area contributed by atoms with Crippen LogP contribution >= 0.6 is 11.6 Å². The molecule has 3 rings (SSSR count). The first-order valence-corrected chi connectivity index (χ1v) is 5.56. The molecule has 18 heavy (non-hydrogen) atoms. The third-order valence-corrected chi connectivity index (χ3v) is 2.51. The van der Waals surface area contributed by atoms with Gasteiger partial charge in [0.1, 0.15) is 11.8 Å². The van der Waals surface area contributed by atoms with Crippen LogP contribution in [0.3, 0.4) is 0 Å². The molecule has 3 aromatic rings. The summed E-state index contributed by atoms with van der Waals surface area (Å²) in [5.74, 6) is 0.598. The summed E-state index contributed by atoms with van der Waals surface area (Å²) in [6.07, 6.45) is 4.73. The Morgan fingerprint density at radius 1 is 1.28 bits per heavy atom. The Hall–Kier alpha value is -2.28. The van der Waals surface area contributed by atoms with Gasteiger partial charge in [0, 0.05) is 6.20 Å². The van der Waals surface area contributed by atoms with Gasteiger partial charge in [0.2, 0.25) is 5.28 Å². The molecule has 0 atom stereocenters. The van der Waals surface area contributed by atoms with Gasteiger partial charge in [-0.3, -0.25) is 0 Å². The second-order valence-corrected chi connectivity index (χ2v) is 3.83. The zero-order valence-electron chi connectivity index (χ0n) is 9.13. The number of fused-ring (bicyclic) bond motifs is 1. The van der Waals surface area contributed by atoms with Crippen LogP contribution in [0.1, 0.15) is 5.69 Å². The lowest BCUT2D eigenvalue weighted by Gasteiger charge is -2.05. The van der Waals surface area contributed by atoms with Crippen molar-refractivity contribution in [1.82, 2.24) is 29.9 Å². The first kappa shape index (κ1) is 10.8. The second kappa shape index (κ2) is 4.53. The highest BCUT2D eigenvalue weighted by molar-refractivity contribution is 6.28. The first-order chi connectivity index (χ1) is 8.83. The number of nitrogens with zero attached hydrogens (tertiary/aromatic N) is 5. The molecule has 0 unspecified atom stereocenters. The van der Waals surface area contributed by atoms with Gasteiger partial charge in [-0.25, -0.2) is 15.0 Å². The molecular weight excluding hydrogens is 254 g/mol. The average Bonchev–Trinajstić information content (AvgIpc) is 2.85. The molecule has 90 valence electrons. The highest BCUT2D eigenvalue weighted by Gasteiger charge is 2.08. The van der Waals surface area contributed by atoms with Gasteiger partial charge < -0.3 is 10.3 Å². The summed E-state index contributed by atoms with van der Waals surface area (Å²) < 4.78 is 0. The summed E-state index contributed by atoms with van der Waals surface area (Å²) in [7, 11) is 0. The van der Waals surface area contributed by atoms with Gasteiger partial charge in [-0.15, -0.1) is 0 Å². The van der Waals surface area contributed by atoms with Crippen LogP contribution in [0.15, 0.2) is 24.9 Å². The average molecular weight is 262 g/mol. The van der Waals surface area contributed by atoms with E-state index in [1.807, 2.05) is 6.07 Å². The van der Waals surface area contributed by atoms with Crippen LogP contribution in [0.4, 0.5) is 5.82 Å². The zero-order valence-corrected chi connectivity index (χ0v) is 9.89. The fourth-order valence-electron chi connectivity index (χ4n) is 1.53. The van der Waals surface area contributed by atoms with Crippen molar-refractivity contribution < 1.29 is 0 Å². The minimum Gasteiger partial charge on any atom is -0.362 e. The van der Waals surface area contributed by atoms with E-state index < -0.39 is 0 Å². The molecule has 0 saturated heterocycles. The molecule has 3 aromatic heterocycles. The number of hydrogen-bond donors (Lipinski definition) is 2. The van der Waals surface area contributed by atoms with E-state index in [1.165, 1.54) is 6.33 Å². The highest BCUT2D eigenvalue weighted by atomic mass is 35.5. The Morgan fingerprint density at radius 2 is 2.22 bits per heavy atom. The predicted octanol–water partition coefficient (Wildman–Crippen LogP) is 1.41. The Labute approximate surface area is 107 Å². The van der Waals surface area contributed by atoms with Crippen molar-refractivity contribution in [3.05, 3.63) is 35.9 Å². The fraction of sp³-hybridized carbons (Fsp3) is 0.100. The normalized spacial score (nSPS) is 10.7. The lowest BCUT2D eigenvalue weighted by atomic mass is 10.4. The van der Waals surface area contributed by atoms with E-state index in [0.717, 1.165) is 5.69 Å². The number of aromatic nitrogens is 6. The zero-order chi connectivity index (χ0) is 12.4. The van der Waals surface area contributed by atoms with Crippen LogP contribution in [0, 0.1) is 0 Å². The van der Waals surface area contributed by atoms with E-state index in [0.29, 0.717) is 23.5 Å². The van der Waals surface area contributed by atoms with Gasteiger partial charge in [0.05, 0.1) is 18.6 Å². The molecule has 0 fully saturated rings. The maximum atomic E-state index is 5.82. The van der Waals surface area contributed by atoms with Crippen molar-refractivity contribution in [3.63, 3.8) is 0 Å². The van der Waals surface area contributed by atoms with E-state index >= 15 is 0 Å². The van der Waals surface area contributed by atoms with Crippen LogP contribution in [-0.4, -0.2) is 29.9 Å². The molecule has 8 heteroatoms. The third kappa shape index (κ3) is 2.07. The number of aromatic amines is 1. The molecule has 0 radical (unpaired) electrons. The molecule has 7 nitrogen and oxygen atoms in total. The number of nitrogens with one attached hydrogen (secondary N) is 2. The lowest BCUT2D eigenvalue weighted by molar-refractivity contribution is 0.995. The second-order valence-electron chi connectivity index (χ2n) is 3.50. The van der Waals surface area contributed by atoms with E-state index in [2.05, 4.69) is 35.2 Å². The van der Waals surface area contributed by atoms with Crippen LogP contribution in [0.2, 0.25) is 5.28 Å². The molecule has 0 bridgehead atoms. The Morgan fingerprint density at radius 3 is 3.06 bits per heavy atom. The van der Waals surface area contributed by atoms with Gasteiger partial charge in [-0.05, 0) is 17.7 Å². The summed E-state index contributed by atoms with van der Waals surface area (Å²) in [5.41, 5.74) is 2.10. The van der Waals surface area contributed by atoms with Crippen molar-refractivity contribution in [2.24, 2.45) is 0 Å². The molecule has 0 aliphatic carbocycles. The molecule has 0 spiro atoms. The number of anilines is 1. The lowest BCUT2D eigenvalue weighted by Crippen LogP contribution is -2.04. The topological polar surface area (TPSA) is 92.3 Å². The van der Waals surface area contributed by atoms with Gasteiger partial charge in [0.15, 0.2) is 11.5 Å². The maximum absolute atomic E-state index is 5.82. The number of H-pyrrole nitrogens is 1. The molecule has 0 aromatic carbocycles. The Balaban J connectivity index is 1.88. The molecule has 2 N–H and O–H groups in total. The smallest absolute Gasteiger partial charge is 0.226 e. The van der Waals surface area contributed by atoms with Gasteiger partial charge >= 0.3 is 0 Å². The highest BCUT2D eigenvalue weighted by Crippen LogP contribution is 2.18. The van der Waals surface area contributed by atoms with Crippen LogP contribution in [-0.2, 0) is 6.54 Å². The number of imidazole rings is 1. The van der Waals surface area contributed by atoms with Crippen molar-refractivity contribution >= 4 is 28.6 Å². The van der Waals surface area contributed by atoms with Crippen LogP contribution in [0.5, 0.6) is 0 Å². The number of rotatable bonds is 3. The van der Waals surface area contributed by atoms with E-state index in [4.69, 9.17) is 11.6 Å². The van der Waals surface area contributed by atoms with Gasteiger partial charge in [0.25, 0.3) is 0 Å². The Kier molecular flexibility index (Phi) is 2.73. The summed E-state index contributed by atoms with van der Waals surface area (Å²) in [4.78, 5) is 23.1. The Bertz CT molecular complexity index is 666. The molecule has 0 amide bonds. The summed E-state index contributed by atoms with van der Waals surface area (Å²) in [5, 5.41) is 3.29. The summed E-state index contributed by atoms with van der Waals surface area (Å²) in [6, 6.07) is 1.82. The standard InChI is InChI=1S/C10H8ClN7/c11-10-17-8(7-9(18-10)16-5-15-7)13-3-6-1-2-12-4-14-6/h1-2,4-5H,3H2,(H2,13,15,16,17,18). The minimum atomic E-state index is 0.153. The minimum absolute atomic E-state index is 0.153. The van der Waals surface area contributed by atoms with Crippen molar-refractivity contribution in [1.29, 1.82) is 0 Å². The number of halogens is 1. The third-order valence-electron chi connectivity index (χ3n) is 2.34. The van der Waals surface area contributed by atoms with Crippen LogP contribution in [0.25, 0.3) is 11.2 Å². The van der Waals surface area contributed by atoms with Crippen molar-refractivity contribution in [2.45, 2.75) is 6.54 Å². The SMILES string of the molecule is Clc1nc(NCc2ccncn2)c2[nH]cnc2n1. The fourth-order valence-corrected chi connectivity index (χ4v) is 1.70. The first-order valence-electron chi connectivity index (χ1n) is 5.18. The molecule has 0 aliphatic heterocycles. The van der Waals surface area contributed by atoms with Gasteiger partial charge in [-0.2, -0.15) is 9.97 Å². The maximum Gasteiger partial charge on any atom is 0.226 e. The summed E-state index contributed by atoms with van der Waals surface area (Å²) in [6.45, 7) is 0.518. The van der Waals surface area contributed by atoms with Crippen molar-refractivity contribution in [2.75, 3.05) is 5.32 Å². The monoisotopic (exact) mass is 261 g/mol. The van der Waals surface area contributed by atoms with Crippen LogP contribution < -0.4 is 5.32 Å². The summed E-state index contributed by atoms with van der Waals surface area (Å²) >= 11 is 5.82. The van der Waals surface area contributed by atoms with E-state index in [1.54, 1.807) is 12.5 Å².